The van der Waals surface area contributed by atoms with Crippen LogP contribution in [0.5, 0.6) is 5.75 Å². The number of aryl methyl sites for hydroxylation is 2. The molecule has 0 atom stereocenters. The average molecular weight is 380 g/mol. The van der Waals surface area contributed by atoms with Crippen molar-refractivity contribution in [2.75, 3.05) is 4.72 Å². The number of phenols is 1. The van der Waals surface area contributed by atoms with Gasteiger partial charge in [0.05, 0.1) is 5.69 Å². The molecule has 3 rings (SSSR count). The summed E-state index contributed by atoms with van der Waals surface area (Å²) in [6.07, 6.45) is 0. The van der Waals surface area contributed by atoms with Crippen molar-refractivity contribution in [3.8, 4) is 17.2 Å². The van der Waals surface area contributed by atoms with Crippen molar-refractivity contribution in [2.45, 2.75) is 18.7 Å². The number of benzene rings is 2. The molecule has 0 bridgehead atoms. The van der Waals surface area contributed by atoms with Gasteiger partial charge < -0.3 is 9.52 Å². The molecular weight excluding hydrogens is 366 g/mol. The molecule has 0 saturated heterocycles. The normalized spacial score (nSPS) is 11.5. The van der Waals surface area contributed by atoms with Crippen molar-refractivity contribution >= 4 is 15.7 Å². The maximum absolute atomic E-state index is 13.4. The molecule has 136 valence electrons. The summed E-state index contributed by atoms with van der Waals surface area (Å²) in [7, 11) is -4.42. The molecule has 0 aliphatic rings. The quantitative estimate of drug-likeness (QED) is 0.719. The number of halogens is 2. The summed E-state index contributed by atoms with van der Waals surface area (Å²) in [4.78, 5) is 3.33. The Hall–Kier alpha value is -2.94. The number of phenolic OH excluding ortho intramolecular Hbond substituents is 1. The van der Waals surface area contributed by atoms with E-state index in [0.717, 1.165) is 0 Å². The van der Waals surface area contributed by atoms with Gasteiger partial charge in [-0.05, 0) is 38.1 Å². The van der Waals surface area contributed by atoms with Crippen LogP contribution in [-0.4, -0.2) is 18.5 Å². The molecule has 0 radical (unpaired) electrons. The summed E-state index contributed by atoms with van der Waals surface area (Å²) in [6, 6.07) is 7.05. The summed E-state index contributed by atoms with van der Waals surface area (Å²) in [5, 5.41) is 9.62. The molecule has 0 aliphatic heterocycles. The second-order valence-corrected chi connectivity index (χ2v) is 7.23. The van der Waals surface area contributed by atoms with Gasteiger partial charge in [0.15, 0.2) is 11.6 Å². The Bertz CT molecular complexity index is 1070. The van der Waals surface area contributed by atoms with E-state index in [1.54, 1.807) is 26.0 Å². The third-order valence-electron chi connectivity index (χ3n) is 3.67. The number of nitrogens with one attached hydrogen (secondary N) is 1. The molecule has 0 unspecified atom stereocenters. The Morgan fingerprint density at radius 2 is 1.88 bits per heavy atom. The van der Waals surface area contributed by atoms with Gasteiger partial charge in [-0.1, -0.05) is 6.07 Å². The van der Waals surface area contributed by atoms with Crippen molar-refractivity contribution in [1.29, 1.82) is 0 Å². The second-order valence-electron chi connectivity index (χ2n) is 5.58. The van der Waals surface area contributed by atoms with Gasteiger partial charge in [-0.25, -0.2) is 22.2 Å². The number of aromatic nitrogens is 1. The van der Waals surface area contributed by atoms with E-state index in [-0.39, 0.29) is 5.69 Å². The van der Waals surface area contributed by atoms with Crippen molar-refractivity contribution in [1.82, 2.24) is 4.98 Å². The van der Waals surface area contributed by atoms with Gasteiger partial charge in [-0.15, -0.1) is 0 Å². The van der Waals surface area contributed by atoms with Crippen molar-refractivity contribution in [2.24, 2.45) is 0 Å². The molecule has 0 aliphatic carbocycles. The molecule has 0 amide bonds. The van der Waals surface area contributed by atoms with Gasteiger partial charge in [-0.2, -0.15) is 0 Å². The zero-order valence-electron chi connectivity index (χ0n) is 13.7. The first-order chi connectivity index (χ1) is 12.2. The van der Waals surface area contributed by atoms with E-state index < -0.39 is 32.3 Å². The Balaban J connectivity index is 1.97. The number of hydrogen-bond acceptors (Lipinski definition) is 5. The second kappa shape index (κ2) is 6.41. The van der Waals surface area contributed by atoms with Crippen LogP contribution in [0.25, 0.3) is 11.5 Å². The number of anilines is 1. The zero-order chi connectivity index (χ0) is 19.1. The maximum atomic E-state index is 13.4. The fourth-order valence-electron chi connectivity index (χ4n) is 2.27. The summed E-state index contributed by atoms with van der Waals surface area (Å²) in [5.74, 6) is -2.72. The Labute approximate surface area is 148 Å². The smallest absolute Gasteiger partial charge is 0.265 e. The van der Waals surface area contributed by atoms with E-state index in [2.05, 4.69) is 9.71 Å². The minimum absolute atomic E-state index is 0.111. The lowest BCUT2D eigenvalue weighted by atomic mass is 10.2. The standard InChI is InChI=1S/C17H14F2N2O4S/c1-9-10(2)25-17(20-9)11-4-3-5-13(6-11)21-26(23,24)15-8-12(18)7-14(19)16(15)22/h3-8,21-22H,1-2H3. The van der Waals surface area contributed by atoms with E-state index in [0.29, 0.717) is 35.0 Å². The van der Waals surface area contributed by atoms with Gasteiger partial charge in [-0.3, -0.25) is 4.72 Å². The largest absolute Gasteiger partial charge is 0.504 e. The molecule has 3 aromatic rings. The SMILES string of the molecule is Cc1nc(-c2cccc(NS(=O)(=O)c3cc(F)cc(F)c3O)c2)oc1C. The summed E-state index contributed by atoms with van der Waals surface area (Å²) < 4.78 is 59.2. The fraction of sp³-hybridized carbons (Fsp3) is 0.118. The van der Waals surface area contributed by atoms with E-state index in [4.69, 9.17) is 4.42 Å². The molecule has 0 fully saturated rings. The molecule has 0 saturated carbocycles. The zero-order valence-corrected chi connectivity index (χ0v) is 14.6. The highest BCUT2D eigenvalue weighted by Crippen LogP contribution is 2.30. The number of rotatable bonds is 4. The van der Waals surface area contributed by atoms with Gasteiger partial charge in [0.1, 0.15) is 16.5 Å². The Morgan fingerprint density at radius 3 is 2.54 bits per heavy atom. The van der Waals surface area contributed by atoms with Crippen LogP contribution in [0.3, 0.4) is 0 Å². The van der Waals surface area contributed by atoms with E-state index in [9.17, 15) is 22.3 Å². The van der Waals surface area contributed by atoms with Crippen LogP contribution in [0.15, 0.2) is 45.7 Å². The van der Waals surface area contributed by atoms with Crippen LogP contribution in [0, 0.1) is 25.5 Å². The number of nitrogens with zero attached hydrogens (tertiary/aromatic N) is 1. The van der Waals surface area contributed by atoms with Gasteiger partial charge >= 0.3 is 0 Å². The predicted octanol–water partition coefficient (Wildman–Crippen LogP) is 3.74. The number of sulfonamides is 1. The molecule has 2 N–H and O–H groups in total. The third kappa shape index (κ3) is 3.38. The molecule has 26 heavy (non-hydrogen) atoms. The summed E-state index contributed by atoms with van der Waals surface area (Å²) >= 11 is 0. The fourth-order valence-corrected chi connectivity index (χ4v) is 3.44. The van der Waals surface area contributed by atoms with Gasteiger partial charge in [0, 0.05) is 17.3 Å². The molecular formula is C17H14F2N2O4S. The lowest BCUT2D eigenvalue weighted by Crippen LogP contribution is -2.14. The third-order valence-corrected chi connectivity index (χ3v) is 5.07. The Morgan fingerprint density at radius 1 is 1.15 bits per heavy atom. The molecule has 6 nitrogen and oxygen atoms in total. The maximum Gasteiger partial charge on any atom is 0.265 e. The van der Waals surface area contributed by atoms with Crippen LogP contribution in [-0.2, 0) is 10.0 Å². The highest BCUT2D eigenvalue weighted by atomic mass is 32.2. The summed E-state index contributed by atoms with van der Waals surface area (Å²) in [5.41, 5.74) is 1.32. The topological polar surface area (TPSA) is 92.4 Å². The first kappa shape index (κ1) is 17.9. The molecule has 1 heterocycles. The number of oxazole rings is 1. The summed E-state index contributed by atoms with van der Waals surface area (Å²) in [6.45, 7) is 3.52. The first-order valence-corrected chi connectivity index (χ1v) is 8.91. The van der Waals surface area contributed by atoms with E-state index >= 15 is 0 Å². The van der Waals surface area contributed by atoms with Gasteiger partial charge in [0.25, 0.3) is 10.0 Å². The van der Waals surface area contributed by atoms with Crippen LogP contribution < -0.4 is 4.72 Å². The highest BCUT2D eigenvalue weighted by molar-refractivity contribution is 7.92. The number of hydrogen-bond donors (Lipinski definition) is 2. The molecule has 0 spiro atoms. The first-order valence-electron chi connectivity index (χ1n) is 7.42. The molecule has 9 heteroatoms. The monoisotopic (exact) mass is 380 g/mol. The van der Waals surface area contributed by atoms with Crippen LogP contribution >= 0.6 is 0 Å². The van der Waals surface area contributed by atoms with Crippen LogP contribution in [0.2, 0.25) is 0 Å². The van der Waals surface area contributed by atoms with Gasteiger partial charge in [0.2, 0.25) is 5.89 Å². The van der Waals surface area contributed by atoms with Crippen LogP contribution in [0.1, 0.15) is 11.5 Å². The number of aromatic hydroxyl groups is 1. The molecule has 1 aromatic heterocycles. The highest BCUT2D eigenvalue weighted by Gasteiger charge is 2.23. The van der Waals surface area contributed by atoms with Crippen molar-refractivity contribution in [3.63, 3.8) is 0 Å². The van der Waals surface area contributed by atoms with E-state index in [1.807, 2.05) is 0 Å². The van der Waals surface area contributed by atoms with Crippen molar-refractivity contribution in [3.05, 3.63) is 59.5 Å². The van der Waals surface area contributed by atoms with Crippen LogP contribution in [0.4, 0.5) is 14.5 Å². The minimum atomic E-state index is -4.42. The lowest BCUT2D eigenvalue weighted by Gasteiger charge is -2.10. The van der Waals surface area contributed by atoms with E-state index in [1.165, 1.54) is 12.1 Å². The predicted molar refractivity (Wildman–Crippen MR) is 90.2 cm³/mol. The Kier molecular flexibility index (Phi) is 4.41. The van der Waals surface area contributed by atoms with Crippen molar-refractivity contribution < 1.29 is 26.7 Å². The lowest BCUT2D eigenvalue weighted by molar-refractivity contribution is 0.412. The average Bonchev–Trinajstić information content (AvgIpc) is 2.90. The minimum Gasteiger partial charge on any atom is -0.504 e. The molecule has 2 aromatic carbocycles.